The zero-order chi connectivity index (χ0) is 35.9. The fraction of sp³-hybridized carbons (Fsp3) is 0.115. The molecule has 0 radical (unpaired) electrons. The Balaban J connectivity index is 1.19. The molecule has 0 spiro atoms. The molecule has 0 bridgehead atoms. The SMILES string of the molecule is CC1(C)c2ccccc2-c2ccc(-c3cccc4cccc(N(c5ccc(-c6ccccc6)cc5)c5ccc6c(c5)C(C)(C)c5ccccc5-6)c34)cc21. The van der Waals surface area contributed by atoms with Crippen LogP contribution in [0.25, 0.3) is 55.3 Å². The van der Waals surface area contributed by atoms with E-state index in [9.17, 15) is 0 Å². The summed E-state index contributed by atoms with van der Waals surface area (Å²) in [7, 11) is 0. The van der Waals surface area contributed by atoms with Crippen molar-refractivity contribution < 1.29 is 0 Å². The first-order valence-corrected chi connectivity index (χ1v) is 18.8. The Labute approximate surface area is 312 Å². The molecule has 0 fully saturated rings. The number of nitrogens with zero attached hydrogens (tertiary/aromatic N) is 1. The number of anilines is 3. The number of hydrogen-bond acceptors (Lipinski definition) is 1. The highest BCUT2D eigenvalue weighted by Crippen LogP contribution is 2.53. The highest BCUT2D eigenvalue weighted by Gasteiger charge is 2.37. The summed E-state index contributed by atoms with van der Waals surface area (Å²) in [6, 6.07) is 65.3. The molecule has 0 aliphatic heterocycles. The third-order valence-corrected chi connectivity index (χ3v) is 12.1. The number of benzene rings is 8. The van der Waals surface area contributed by atoms with Crippen molar-refractivity contribution in [2.24, 2.45) is 0 Å². The van der Waals surface area contributed by atoms with Gasteiger partial charge in [0.15, 0.2) is 0 Å². The lowest BCUT2D eigenvalue weighted by atomic mass is 9.81. The second-order valence-corrected chi connectivity index (χ2v) is 15.8. The molecular weight excluding hydrogens is 639 g/mol. The normalized spacial score (nSPS) is 14.3. The van der Waals surface area contributed by atoms with Gasteiger partial charge in [-0.25, -0.2) is 0 Å². The molecule has 0 saturated heterocycles. The van der Waals surface area contributed by atoms with E-state index in [-0.39, 0.29) is 10.8 Å². The highest BCUT2D eigenvalue weighted by molar-refractivity contribution is 6.08. The summed E-state index contributed by atoms with van der Waals surface area (Å²) in [5.41, 5.74) is 19.1. The van der Waals surface area contributed by atoms with Gasteiger partial charge in [-0.3, -0.25) is 0 Å². The van der Waals surface area contributed by atoms with Crippen LogP contribution in [0.15, 0.2) is 176 Å². The summed E-state index contributed by atoms with van der Waals surface area (Å²) in [4.78, 5) is 2.48. The molecule has 2 aliphatic rings. The van der Waals surface area contributed by atoms with Gasteiger partial charge in [-0.1, -0.05) is 167 Å². The van der Waals surface area contributed by atoms with E-state index in [4.69, 9.17) is 0 Å². The van der Waals surface area contributed by atoms with E-state index in [1.165, 1.54) is 83.2 Å². The lowest BCUT2D eigenvalue weighted by molar-refractivity contribution is 0.660. The van der Waals surface area contributed by atoms with E-state index in [1.807, 2.05) is 0 Å². The maximum atomic E-state index is 2.48. The van der Waals surface area contributed by atoms with Gasteiger partial charge in [-0.05, 0) is 109 Å². The molecule has 254 valence electrons. The van der Waals surface area contributed by atoms with Crippen LogP contribution in [0.1, 0.15) is 49.9 Å². The van der Waals surface area contributed by atoms with E-state index in [0.717, 1.165) is 11.4 Å². The van der Waals surface area contributed by atoms with Crippen LogP contribution in [0.4, 0.5) is 17.1 Å². The molecule has 8 aromatic rings. The molecule has 10 rings (SSSR count). The molecule has 0 amide bonds. The zero-order valence-corrected chi connectivity index (χ0v) is 30.7. The minimum absolute atomic E-state index is 0.0727. The van der Waals surface area contributed by atoms with Gasteiger partial charge in [0.1, 0.15) is 0 Å². The van der Waals surface area contributed by atoms with E-state index in [1.54, 1.807) is 0 Å². The Bertz CT molecular complexity index is 2710. The monoisotopic (exact) mass is 679 g/mol. The second kappa shape index (κ2) is 11.7. The average molecular weight is 680 g/mol. The Kier molecular flexibility index (Phi) is 6.94. The molecule has 2 aliphatic carbocycles. The van der Waals surface area contributed by atoms with Crippen molar-refractivity contribution in [3.05, 3.63) is 198 Å². The Morgan fingerprint density at radius 2 is 0.830 bits per heavy atom. The van der Waals surface area contributed by atoms with Crippen molar-refractivity contribution in [2.75, 3.05) is 4.90 Å². The van der Waals surface area contributed by atoms with Gasteiger partial charge in [0, 0.05) is 27.6 Å². The summed E-state index contributed by atoms with van der Waals surface area (Å²) >= 11 is 0. The molecule has 1 heteroatoms. The van der Waals surface area contributed by atoms with Gasteiger partial charge in [-0.2, -0.15) is 0 Å². The first kappa shape index (κ1) is 31.5. The Morgan fingerprint density at radius 1 is 0.340 bits per heavy atom. The molecule has 0 heterocycles. The lowest BCUT2D eigenvalue weighted by Crippen LogP contribution is -2.16. The van der Waals surface area contributed by atoms with Crippen LogP contribution in [-0.2, 0) is 10.8 Å². The van der Waals surface area contributed by atoms with Crippen LogP contribution >= 0.6 is 0 Å². The van der Waals surface area contributed by atoms with Crippen molar-refractivity contribution in [1.29, 1.82) is 0 Å². The number of hydrogen-bond donors (Lipinski definition) is 0. The minimum Gasteiger partial charge on any atom is -0.310 e. The van der Waals surface area contributed by atoms with Crippen LogP contribution in [0.3, 0.4) is 0 Å². The highest BCUT2D eigenvalue weighted by atomic mass is 15.1. The molecule has 8 aromatic carbocycles. The van der Waals surface area contributed by atoms with Gasteiger partial charge in [0.25, 0.3) is 0 Å². The Morgan fingerprint density at radius 3 is 1.51 bits per heavy atom. The molecule has 0 unspecified atom stereocenters. The van der Waals surface area contributed by atoms with Crippen LogP contribution in [0.2, 0.25) is 0 Å². The molecule has 1 nitrogen and oxygen atoms in total. The minimum atomic E-state index is -0.108. The maximum absolute atomic E-state index is 2.48. The van der Waals surface area contributed by atoms with E-state index in [0.29, 0.717) is 0 Å². The maximum Gasteiger partial charge on any atom is 0.0546 e. The zero-order valence-electron chi connectivity index (χ0n) is 30.7. The van der Waals surface area contributed by atoms with Crippen molar-refractivity contribution in [3.8, 4) is 44.5 Å². The molecule has 53 heavy (non-hydrogen) atoms. The molecule has 0 atom stereocenters. The first-order valence-electron chi connectivity index (χ1n) is 18.8. The van der Waals surface area contributed by atoms with Crippen molar-refractivity contribution >= 4 is 27.8 Å². The fourth-order valence-corrected chi connectivity index (χ4v) is 9.31. The van der Waals surface area contributed by atoms with Gasteiger partial charge >= 0.3 is 0 Å². The summed E-state index contributed by atoms with van der Waals surface area (Å²) < 4.78 is 0. The molecule has 0 saturated carbocycles. The van der Waals surface area contributed by atoms with Gasteiger partial charge in [-0.15, -0.1) is 0 Å². The number of rotatable bonds is 5. The number of fused-ring (bicyclic) bond motifs is 7. The molecule has 0 N–H and O–H groups in total. The van der Waals surface area contributed by atoms with Crippen LogP contribution < -0.4 is 4.90 Å². The standard InChI is InChI=1S/C52H41N/c1-51(2)45-21-10-8-18-41(45)43-30-26-37(32-47(43)51)40-20-12-16-36-17-13-23-49(50(36)40)53(38-27-24-35(25-28-38)34-14-6-5-7-15-34)39-29-31-44-42-19-9-11-22-46(42)52(3,4)48(44)33-39/h5-33H,1-4H3. The fourth-order valence-electron chi connectivity index (χ4n) is 9.31. The van der Waals surface area contributed by atoms with E-state index in [2.05, 4.69) is 209 Å². The van der Waals surface area contributed by atoms with Crippen molar-refractivity contribution in [3.63, 3.8) is 0 Å². The topological polar surface area (TPSA) is 3.24 Å². The summed E-state index contributed by atoms with van der Waals surface area (Å²) in [6.45, 7) is 9.46. The van der Waals surface area contributed by atoms with Crippen LogP contribution in [0, 0.1) is 0 Å². The molecule has 0 aromatic heterocycles. The second-order valence-electron chi connectivity index (χ2n) is 15.8. The van der Waals surface area contributed by atoms with Crippen LogP contribution in [0.5, 0.6) is 0 Å². The largest absolute Gasteiger partial charge is 0.310 e. The quantitative estimate of drug-likeness (QED) is 0.175. The predicted octanol–water partition coefficient (Wildman–Crippen LogP) is 14.3. The lowest BCUT2D eigenvalue weighted by Gasteiger charge is -2.30. The third-order valence-electron chi connectivity index (χ3n) is 12.1. The van der Waals surface area contributed by atoms with E-state index >= 15 is 0 Å². The summed E-state index contributed by atoms with van der Waals surface area (Å²) in [5.74, 6) is 0. The third kappa shape index (κ3) is 4.77. The van der Waals surface area contributed by atoms with Gasteiger partial charge < -0.3 is 4.90 Å². The predicted molar refractivity (Wildman–Crippen MR) is 225 cm³/mol. The smallest absolute Gasteiger partial charge is 0.0546 e. The summed E-state index contributed by atoms with van der Waals surface area (Å²) in [6.07, 6.45) is 0. The molecular formula is C52H41N. The van der Waals surface area contributed by atoms with Crippen molar-refractivity contribution in [2.45, 2.75) is 38.5 Å². The Hall–Kier alpha value is -6.18. The van der Waals surface area contributed by atoms with Crippen LogP contribution in [-0.4, -0.2) is 0 Å². The average Bonchev–Trinajstić information content (AvgIpc) is 3.57. The van der Waals surface area contributed by atoms with Gasteiger partial charge in [0.2, 0.25) is 0 Å². The van der Waals surface area contributed by atoms with Crippen molar-refractivity contribution in [1.82, 2.24) is 0 Å². The summed E-state index contributed by atoms with van der Waals surface area (Å²) in [5, 5.41) is 2.47. The first-order chi connectivity index (χ1) is 25.8. The van der Waals surface area contributed by atoms with E-state index < -0.39 is 0 Å². The van der Waals surface area contributed by atoms with Gasteiger partial charge in [0.05, 0.1) is 5.69 Å².